The molecule has 1 amide bonds. The molecule has 0 radical (unpaired) electrons. The molecule has 5 nitrogen and oxygen atoms in total. The van der Waals surface area contributed by atoms with Gasteiger partial charge in [-0.15, -0.1) is 0 Å². The first-order valence-electron chi connectivity index (χ1n) is 9.49. The van der Waals surface area contributed by atoms with Crippen LogP contribution in [-0.2, 0) is 9.53 Å². The summed E-state index contributed by atoms with van der Waals surface area (Å²) in [6, 6.07) is 3.75. The van der Waals surface area contributed by atoms with Crippen LogP contribution in [-0.4, -0.2) is 39.8 Å². The Bertz CT molecular complexity index is 601. The maximum absolute atomic E-state index is 13.1. The van der Waals surface area contributed by atoms with Gasteiger partial charge in [0, 0.05) is 5.92 Å². The van der Waals surface area contributed by atoms with Crippen LogP contribution in [0.3, 0.4) is 0 Å². The van der Waals surface area contributed by atoms with Gasteiger partial charge in [0.1, 0.15) is 12.4 Å². The molecular weight excluding hydrogens is 350 g/mol. The molecule has 26 heavy (non-hydrogen) atoms. The van der Waals surface area contributed by atoms with Crippen molar-refractivity contribution in [3.63, 3.8) is 0 Å². The maximum atomic E-state index is 13.1. The Morgan fingerprint density at radius 1 is 1.38 bits per heavy atom. The van der Waals surface area contributed by atoms with Gasteiger partial charge in [0.2, 0.25) is 5.91 Å². The quantitative estimate of drug-likeness (QED) is 0.691. The summed E-state index contributed by atoms with van der Waals surface area (Å²) in [6.45, 7) is 10.5. The van der Waals surface area contributed by atoms with Crippen LogP contribution in [0.2, 0.25) is 0 Å². The minimum atomic E-state index is -0.735. The molecule has 1 N–H and O–H groups in total. The molecule has 5 atom stereocenters. The number of nitrogens with zero attached hydrogens (tertiary/aromatic N) is 1. The lowest BCUT2D eigenvalue weighted by atomic mass is 9.83. The zero-order valence-corrected chi connectivity index (χ0v) is 17.2. The molecule has 1 fully saturated rings. The first kappa shape index (κ1) is 20.9. The van der Waals surface area contributed by atoms with E-state index >= 15 is 0 Å². The van der Waals surface area contributed by atoms with Gasteiger partial charge in [-0.05, 0) is 49.0 Å². The first-order valence-corrected chi connectivity index (χ1v) is 9.89. The predicted molar refractivity (Wildman–Crippen MR) is 105 cm³/mol. The van der Waals surface area contributed by atoms with E-state index in [9.17, 15) is 9.90 Å². The van der Waals surface area contributed by atoms with Gasteiger partial charge in [-0.3, -0.25) is 9.69 Å². The summed E-state index contributed by atoms with van der Waals surface area (Å²) >= 11 is 5.25. The van der Waals surface area contributed by atoms with Crippen LogP contribution >= 0.6 is 12.2 Å². The molecule has 0 aromatic carbocycles. The molecule has 146 valence electrons. The second-order valence-corrected chi connectivity index (χ2v) is 8.08. The number of rotatable bonds is 8. The Balaban J connectivity index is 2.08. The molecule has 2 heterocycles. The summed E-state index contributed by atoms with van der Waals surface area (Å²) in [7, 11) is 0. The van der Waals surface area contributed by atoms with Crippen LogP contribution in [0.4, 0.5) is 0 Å². The summed E-state index contributed by atoms with van der Waals surface area (Å²) in [5.74, 6) is 0.664. The predicted octanol–water partition coefficient (Wildman–Crippen LogP) is 3.96. The number of aliphatic hydroxyl groups excluding tert-OH is 1. The lowest BCUT2D eigenvalue weighted by Crippen LogP contribution is -2.48. The molecular formula is C20H31NO4S. The topological polar surface area (TPSA) is 62.9 Å². The molecule has 0 spiro atoms. The highest BCUT2D eigenvalue weighted by atomic mass is 32.1. The second-order valence-electron chi connectivity index (χ2n) is 7.73. The summed E-state index contributed by atoms with van der Waals surface area (Å²) in [6.07, 6.45) is 2.23. The summed E-state index contributed by atoms with van der Waals surface area (Å²) in [4.78, 5) is 14.7. The molecule has 0 unspecified atom stereocenters. The number of hydrogen-bond donors (Lipinski definition) is 1. The van der Waals surface area contributed by atoms with E-state index in [1.165, 1.54) is 0 Å². The molecule has 1 aliphatic heterocycles. The number of furan rings is 1. The van der Waals surface area contributed by atoms with Crippen LogP contribution in [0.5, 0.6) is 0 Å². The Morgan fingerprint density at radius 3 is 2.62 bits per heavy atom. The van der Waals surface area contributed by atoms with E-state index in [1.807, 2.05) is 39.8 Å². The van der Waals surface area contributed by atoms with E-state index in [1.54, 1.807) is 11.2 Å². The van der Waals surface area contributed by atoms with Gasteiger partial charge < -0.3 is 14.3 Å². The van der Waals surface area contributed by atoms with Gasteiger partial charge in [-0.25, -0.2) is 0 Å². The smallest absolute Gasteiger partial charge is 0.266 e. The minimum absolute atomic E-state index is 0.0430. The first-order chi connectivity index (χ1) is 12.3. The average molecular weight is 382 g/mol. The van der Waals surface area contributed by atoms with E-state index < -0.39 is 12.0 Å². The highest BCUT2D eigenvalue weighted by Crippen LogP contribution is 2.31. The number of aliphatic hydroxyl groups is 1. The van der Waals surface area contributed by atoms with Crippen molar-refractivity contribution in [2.45, 2.75) is 65.5 Å². The van der Waals surface area contributed by atoms with E-state index in [0.717, 1.165) is 12.2 Å². The number of amides is 1. The maximum Gasteiger partial charge on any atom is 0.266 e. The second kappa shape index (κ2) is 9.00. The van der Waals surface area contributed by atoms with Crippen molar-refractivity contribution in [1.29, 1.82) is 0 Å². The summed E-state index contributed by atoms with van der Waals surface area (Å²) in [5, 5.41) is 11.1. The lowest BCUT2D eigenvalue weighted by Gasteiger charge is -2.32. The Labute approximate surface area is 161 Å². The fraction of sp³-hybridized carbons (Fsp3) is 0.700. The number of carbonyl (C=O) groups is 1. The largest absolute Gasteiger partial charge is 0.469 e. The highest BCUT2D eigenvalue weighted by molar-refractivity contribution is 7.80. The van der Waals surface area contributed by atoms with Crippen LogP contribution < -0.4 is 0 Å². The molecule has 1 saturated heterocycles. The van der Waals surface area contributed by atoms with Crippen LogP contribution in [0.15, 0.2) is 22.8 Å². The van der Waals surface area contributed by atoms with Crippen molar-refractivity contribution in [2.24, 2.45) is 17.8 Å². The normalized spacial score (nSPS) is 22.2. The number of thiocarbonyl (C=S) groups is 1. The Hall–Kier alpha value is -1.40. The van der Waals surface area contributed by atoms with Crippen LogP contribution in [0.1, 0.15) is 59.1 Å². The van der Waals surface area contributed by atoms with Crippen molar-refractivity contribution in [1.82, 2.24) is 4.90 Å². The number of ether oxygens (including phenoxy) is 1. The molecule has 1 aliphatic rings. The van der Waals surface area contributed by atoms with Crippen molar-refractivity contribution in [2.75, 3.05) is 6.61 Å². The molecule has 1 aromatic heterocycles. The minimum Gasteiger partial charge on any atom is -0.469 e. The van der Waals surface area contributed by atoms with Crippen LogP contribution in [0, 0.1) is 17.8 Å². The molecule has 2 rings (SSSR count). The zero-order chi connectivity index (χ0) is 19.4. The van der Waals surface area contributed by atoms with Gasteiger partial charge >= 0.3 is 0 Å². The van der Waals surface area contributed by atoms with Crippen molar-refractivity contribution in [3.05, 3.63) is 24.2 Å². The van der Waals surface area contributed by atoms with E-state index in [4.69, 9.17) is 21.4 Å². The van der Waals surface area contributed by atoms with Gasteiger partial charge in [-0.2, -0.15) is 0 Å². The van der Waals surface area contributed by atoms with Crippen molar-refractivity contribution < 1.29 is 19.1 Å². The van der Waals surface area contributed by atoms with Crippen molar-refractivity contribution >= 4 is 23.3 Å². The number of carbonyl (C=O) groups excluding carboxylic acids is 1. The van der Waals surface area contributed by atoms with Crippen LogP contribution in [0.25, 0.3) is 0 Å². The summed E-state index contributed by atoms with van der Waals surface area (Å²) in [5.41, 5.74) is 0. The third-order valence-corrected chi connectivity index (χ3v) is 5.73. The molecule has 0 bridgehead atoms. The molecule has 1 aromatic rings. The molecule has 6 heteroatoms. The zero-order valence-electron chi connectivity index (χ0n) is 16.3. The van der Waals surface area contributed by atoms with E-state index in [-0.39, 0.29) is 34.9 Å². The van der Waals surface area contributed by atoms with Gasteiger partial charge in [0.15, 0.2) is 0 Å². The third-order valence-electron chi connectivity index (χ3n) is 5.42. The summed E-state index contributed by atoms with van der Waals surface area (Å²) < 4.78 is 10.9. The fourth-order valence-corrected chi connectivity index (χ4v) is 4.00. The monoisotopic (exact) mass is 381 g/mol. The molecule has 0 aliphatic carbocycles. The Kier molecular flexibility index (Phi) is 7.24. The van der Waals surface area contributed by atoms with Gasteiger partial charge in [0.05, 0.1) is 24.3 Å². The van der Waals surface area contributed by atoms with Gasteiger partial charge in [-0.1, -0.05) is 34.6 Å². The van der Waals surface area contributed by atoms with Crippen molar-refractivity contribution in [3.8, 4) is 0 Å². The SMILES string of the molecule is CC[C@@H](C(=O)N1C(=S)OC[C@@H]1C(C)C)[C@@H](O)[C@@H](C)C[C@@H](C)c1ccco1. The van der Waals surface area contributed by atoms with Gasteiger partial charge in [0.25, 0.3) is 5.17 Å². The van der Waals surface area contributed by atoms with E-state index in [2.05, 4.69) is 6.92 Å². The lowest BCUT2D eigenvalue weighted by molar-refractivity contribution is -0.138. The average Bonchev–Trinajstić information content (AvgIpc) is 3.24. The standard InChI is InChI=1S/C20H31NO4S/c1-6-15(19(23)21-16(12(2)3)11-25-20(21)26)18(22)14(5)10-13(4)17-8-7-9-24-17/h7-9,12-16,18,22H,6,10-11H2,1-5H3/t13-,14+,15-,16-,18+/m1/s1. The number of hydrogen-bond acceptors (Lipinski definition) is 5. The third kappa shape index (κ3) is 4.46. The van der Waals surface area contributed by atoms with E-state index in [0.29, 0.717) is 13.0 Å². The fourth-order valence-electron chi connectivity index (χ4n) is 3.70. The molecule has 0 saturated carbocycles. The highest BCUT2D eigenvalue weighted by Gasteiger charge is 2.42. The Morgan fingerprint density at radius 2 is 2.08 bits per heavy atom.